The molecule has 1 aliphatic heterocycles. The highest BCUT2D eigenvalue weighted by molar-refractivity contribution is 8.18. The number of carbonyl (C=O) groups excluding carboxylic acids is 1. The summed E-state index contributed by atoms with van der Waals surface area (Å²) in [5, 5.41) is 0.701. The maximum absolute atomic E-state index is 13.4. The molecule has 0 aliphatic carbocycles. The molecule has 1 atom stereocenters. The molecule has 0 aromatic heterocycles. The van der Waals surface area contributed by atoms with Crippen LogP contribution >= 0.6 is 11.8 Å². The summed E-state index contributed by atoms with van der Waals surface area (Å²) in [5.41, 5.74) is 2.83. The Balaban J connectivity index is 2.01. The van der Waals surface area contributed by atoms with Crippen LogP contribution in [0.1, 0.15) is 45.2 Å². The Labute approximate surface area is 195 Å². The number of amides is 1. The van der Waals surface area contributed by atoms with Crippen molar-refractivity contribution in [2.45, 2.75) is 47.1 Å². The molecule has 0 bridgehead atoms. The van der Waals surface area contributed by atoms with Crippen LogP contribution < -0.4 is 9.47 Å². The molecule has 3 rings (SSSR count). The van der Waals surface area contributed by atoms with Crippen LogP contribution in [0, 0.1) is 12.8 Å². The smallest absolute Gasteiger partial charge is 0.267 e. The highest BCUT2D eigenvalue weighted by atomic mass is 32.2. The molecule has 0 N–H and O–H groups in total. The lowest BCUT2D eigenvalue weighted by molar-refractivity contribution is -0.123. The average molecular weight is 453 g/mol. The van der Waals surface area contributed by atoms with E-state index in [9.17, 15) is 4.79 Å². The molecule has 6 heteroatoms. The molecule has 5 nitrogen and oxygen atoms in total. The standard InChI is InChI=1S/C26H32N2O3S/c1-7-19(5)28-25(29)23(32-26(28)27-21-13-11-18(4)12-14-21)15-20-9-8-10-22(30-6)24(20)31-16-17(2)3/h8-15,17,19H,7,16H2,1-6H3/b23-15+,27-26?/t19-/m0/s1. The second-order valence-electron chi connectivity index (χ2n) is 8.36. The number of rotatable bonds is 8. The van der Waals surface area contributed by atoms with E-state index < -0.39 is 0 Å². The van der Waals surface area contributed by atoms with Gasteiger partial charge in [0, 0.05) is 11.6 Å². The maximum atomic E-state index is 13.4. The number of hydrogen-bond donors (Lipinski definition) is 0. The van der Waals surface area contributed by atoms with Crippen LogP contribution in [0.25, 0.3) is 6.08 Å². The Morgan fingerprint density at radius 2 is 1.84 bits per heavy atom. The summed E-state index contributed by atoms with van der Waals surface area (Å²) in [4.78, 5) is 20.6. The summed E-state index contributed by atoms with van der Waals surface area (Å²) in [7, 11) is 1.63. The van der Waals surface area contributed by atoms with E-state index in [1.807, 2.05) is 55.5 Å². The van der Waals surface area contributed by atoms with Gasteiger partial charge in [-0.2, -0.15) is 0 Å². The molecular formula is C26H32N2O3S. The number of aliphatic imine (C=N–C) groups is 1. The van der Waals surface area contributed by atoms with Crippen molar-refractivity contribution in [2.24, 2.45) is 10.9 Å². The lowest BCUT2D eigenvalue weighted by Crippen LogP contribution is -2.36. The first-order valence-electron chi connectivity index (χ1n) is 11.0. The van der Waals surface area contributed by atoms with Crippen LogP contribution in [0.3, 0.4) is 0 Å². The van der Waals surface area contributed by atoms with Gasteiger partial charge in [-0.15, -0.1) is 0 Å². The number of methoxy groups -OCH3 is 1. The summed E-state index contributed by atoms with van der Waals surface area (Å²) in [6.45, 7) is 10.9. The Hall–Kier alpha value is -2.73. The van der Waals surface area contributed by atoms with Crippen LogP contribution in [0.2, 0.25) is 0 Å². The molecule has 1 aliphatic rings. The second kappa shape index (κ2) is 10.7. The fraction of sp³-hybridized carbons (Fsp3) is 0.385. The Bertz CT molecular complexity index is 1010. The van der Waals surface area contributed by atoms with Gasteiger partial charge in [0.1, 0.15) is 0 Å². The van der Waals surface area contributed by atoms with Crippen molar-refractivity contribution in [3.05, 3.63) is 58.5 Å². The van der Waals surface area contributed by atoms with Gasteiger partial charge in [-0.25, -0.2) is 4.99 Å². The first-order chi connectivity index (χ1) is 15.3. The molecule has 0 unspecified atom stereocenters. The number of carbonyl (C=O) groups is 1. The molecule has 32 heavy (non-hydrogen) atoms. The predicted molar refractivity (Wildman–Crippen MR) is 134 cm³/mol. The molecule has 2 aromatic rings. The van der Waals surface area contributed by atoms with Gasteiger partial charge < -0.3 is 9.47 Å². The molecule has 1 saturated heterocycles. The number of para-hydroxylation sites is 1. The second-order valence-corrected chi connectivity index (χ2v) is 9.37. The lowest BCUT2D eigenvalue weighted by atomic mass is 10.1. The molecule has 170 valence electrons. The van der Waals surface area contributed by atoms with Crippen LogP contribution in [-0.4, -0.2) is 35.7 Å². The third-order valence-corrected chi connectivity index (χ3v) is 6.19. The number of thioether (sulfide) groups is 1. The monoisotopic (exact) mass is 452 g/mol. The van der Waals surface area contributed by atoms with Crippen molar-refractivity contribution in [1.29, 1.82) is 0 Å². The SMILES string of the molecule is CC[C@H](C)N1C(=O)/C(=C\c2cccc(OC)c2OCC(C)C)SC1=Nc1ccc(C)cc1. The quantitative estimate of drug-likeness (QED) is 0.432. The van der Waals surface area contributed by atoms with Gasteiger partial charge in [0.15, 0.2) is 16.7 Å². The van der Waals surface area contributed by atoms with Crippen molar-refractivity contribution in [1.82, 2.24) is 4.90 Å². The van der Waals surface area contributed by atoms with Crippen LogP contribution in [0.5, 0.6) is 11.5 Å². The Kier molecular flexibility index (Phi) is 8.02. The van der Waals surface area contributed by atoms with E-state index in [1.165, 1.54) is 17.3 Å². The predicted octanol–water partition coefficient (Wildman–Crippen LogP) is 6.44. The lowest BCUT2D eigenvalue weighted by Gasteiger charge is -2.22. The summed E-state index contributed by atoms with van der Waals surface area (Å²) in [6.07, 6.45) is 2.73. The zero-order valence-corrected chi connectivity index (χ0v) is 20.5. The van der Waals surface area contributed by atoms with E-state index in [4.69, 9.17) is 14.5 Å². The first-order valence-corrected chi connectivity index (χ1v) is 11.8. The molecular weight excluding hydrogens is 420 g/mol. The molecule has 1 amide bonds. The minimum Gasteiger partial charge on any atom is -0.493 e. The van der Waals surface area contributed by atoms with Gasteiger partial charge in [0.2, 0.25) is 0 Å². The van der Waals surface area contributed by atoms with Gasteiger partial charge >= 0.3 is 0 Å². The van der Waals surface area contributed by atoms with Gasteiger partial charge in [0.25, 0.3) is 5.91 Å². The molecule has 1 heterocycles. The minimum atomic E-state index is -0.0344. The number of aryl methyl sites for hydroxylation is 1. The zero-order chi connectivity index (χ0) is 23.3. The topological polar surface area (TPSA) is 51.1 Å². The molecule has 0 saturated carbocycles. The minimum absolute atomic E-state index is 0.0344. The normalized spacial score (nSPS) is 17.5. The van der Waals surface area contributed by atoms with Crippen molar-refractivity contribution >= 4 is 34.6 Å². The molecule has 2 aromatic carbocycles. The van der Waals surface area contributed by atoms with Crippen molar-refractivity contribution in [3.8, 4) is 11.5 Å². The number of amidine groups is 1. The number of nitrogens with zero attached hydrogens (tertiary/aromatic N) is 2. The average Bonchev–Trinajstić information content (AvgIpc) is 3.08. The van der Waals surface area contributed by atoms with Crippen LogP contribution in [0.4, 0.5) is 5.69 Å². The van der Waals surface area contributed by atoms with E-state index in [0.717, 1.165) is 17.7 Å². The fourth-order valence-corrected chi connectivity index (χ4v) is 4.30. The highest BCUT2D eigenvalue weighted by Crippen LogP contribution is 2.39. The van der Waals surface area contributed by atoms with Crippen molar-refractivity contribution in [3.63, 3.8) is 0 Å². The van der Waals surface area contributed by atoms with Crippen LogP contribution in [-0.2, 0) is 4.79 Å². The Morgan fingerprint density at radius 1 is 1.12 bits per heavy atom. The third-order valence-electron chi connectivity index (χ3n) is 5.20. The van der Waals surface area contributed by atoms with Gasteiger partial charge in [-0.3, -0.25) is 9.69 Å². The molecule has 1 fully saturated rings. The molecule has 0 spiro atoms. The largest absolute Gasteiger partial charge is 0.493 e. The van der Waals surface area contributed by atoms with Crippen LogP contribution in [0.15, 0.2) is 52.4 Å². The zero-order valence-electron chi connectivity index (χ0n) is 19.7. The van der Waals surface area contributed by atoms with E-state index in [1.54, 1.807) is 12.0 Å². The number of benzene rings is 2. The van der Waals surface area contributed by atoms with Crippen molar-refractivity contribution < 1.29 is 14.3 Å². The van der Waals surface area contributed by atoms with Gasteiger partial charge in [-0.05, 0) is 62.2 Å². The third kappa shape index (κ3) is 5.54. The maximum Gasteiger partial charge on any atom is 0.267 e. The van der Waals surface area contributed by atoms with E-state index >= 15 is 0 Å². The van der Waals surface area contributed by atoms with E-state index in [-0.39, 0.29) is 11.9 Å². The highest BCUT2D eigenvalue weighted by Gasteiger charge is 2.36. The van der Waals surface area contributed by atoms with Crippen molar-refractivity contribution in [2.75, 3.05) is 13.7 Å². The number of hydrogen-bond acceptors (Lipinski definition) is 5. The van der Waals surface area contributed by atoms with E-state index in [0.29, 0.717) is 34.1 Å². The summed E-state index contributed by atoms with van der Waals surface area (Å²) >= 11 is 1.40. The first kappa shape index (κ1) is 23.9. The summed E-state index contributed by atoms with van der Waals surface area (Å²) < 4.78 is 11.6. The van der Waals surface area contributed by atoms with Gasteiger partial charge in [0.05, 0.1) is 24.3 Å². The summed E-state index contributed by atoms with van der Waals surface area (Å²) in [5.74, 6) is 1.65. The van der Waals surface area contributed by atoms with E-state index in [2.05, 4.69) is 27.7 Å². The van der Waals surface area contributed by atoms with Gasteiger partial charge in [-0.1, -0.05) is 50.6 Å². The summed E-state index contributed by atoms with van der Waals surface area (Å²) in [6, 6.07) is 13.8. The number of ether oxygens (including phenoxy) is 2. The fourth-order valence-electron chi connectivity index (χ4n) is 3.22. The molecule has 0 radical (unpaired) electrons. The Morgan fingerprint density at radius 3 is 2.47 bits per heavy atom.